The first-order valence-corrected chi connectivity index (χ1v) is 8.80. The number of benzene rings is 1. The molecule has 1 N–H and O–H groups in total. The number of fused-ring (bicyclic) bond motifs is 4. The Balaban J connectivity index is 1.68. The van der Waals surface area contributed by atoms with Gasteiger partial charge in [-0.1, -0.05) is 18.2 Å². The fourth-order valence-electron chi connectivity index (χ4n) is 4.22. The third-order valence-electron chi connectivity index (χ3n) is 5.40. The van der Waals surface area contributed by atoms with E-state index in [1.54, 1.807) is 16.9 Å². The highest BCUT2D eigenvalue weighted by Gasteiger charge is 2.45. The number of hydrogen-bond acceptors (Lipinski definition) is 3. The summed E-state index contributed by atoms with van der Waals surface area (Å²) in [6.45, 7) is 3.33. The molecule has 2 atom stereocenters. The maximum atomic E-state index is 13.0. The molecule has 2 aliphatic rings. The molecule has 4 rings (SSSR count). The van der Waals surface area contributed by atoms with Crippen LogP contribution in [0.1, 0.15) is 30.6 Å². The van der Waals surface area contributed by atoms with Crippen molar-refractivity contribution in [3.05, 3.63) is 35.5 Å². The lowest BCUT2D eigenvalue weighted by Gasteiger charge is -2.46. The number of piperazine rings is 1. The van der Waals surface area contributed by atoms with Crippen molar-refractivity contribution in [3.8, 4) is 0 Å². The maximum absolute atomic E-state index is 13.0. The van der Waals surface area contributed by atoms with E-state index in [0.717, 1.165) is 23.0 Å². The summed E-state index contributed by atoms with van der Waals surface area (Å²) in [6, 6.07) is 7.62. The Labute approximate surface area is 146 Å². The molecule has 2 amide bonds. The predicted molar refractivity (Wildman–Crippen MR) is 94.1 cm³/mol. The number of nitrogens with one attached hydrogen (secondary N) is 1. The second-order valence-electron chi connectivity index (χ2n) is 6.87. The van der Waals surface area contributed by atoms with Gasteiger partial charge < -0.3 is 19.5 Å². The van der Waals surface area contributed by atoms with Gasteiger partial charge in [0.2, 0.25) is 11.8 Å². The Morgan fingerprint density at radius 2 is 2.08 bits per heavy atom. The minimum atomic E-state index is -0.398. The molecule has 25 heavy (non-hydrogen) atoms. The third-order valence-corrected chi connectivity index (χ3v) is 5.40. The number of methoxy groups -OCH3 is 1. The highest BCUT2D eigenvalue weighted by molar-refractivity contribution is 5.97. The van der Waals surface area contributed by atoms with Crippen LogP contribution in [-0.4, -0.2) is 59.4 Å². The van der Waals surface area contributed by atoms with Crippen LogP contribution in [0.3, 0.4) is 0 Å². The third kappa shape index (κ3) is 2.52. The van der Waals surface area contributed by atoms with Crippen molar-refractivity contribution in [1.82, 2.24) is 14.8 Å². The van der Waals surface area contributed by atoms with E-state index >= 15 is 0 Å². The van der Waals surface area contributed by atoms with Crippen LogP contribution in [-0.2, 0) is 20.7 Å². The van der Waals surface area contributed by atoms with Gasteiger partial charge in [-0.3, -0.25) is 9.59 Å². The Kier molecular flexibility index (Phi) is 4.00. The number of aromatic amines is 1. The Hall–Kier alpha value is -2.34. The lowest BCUT2D eigenvalue weighted by molar-refractivity contribution is -0.159. The zero-order valence-electron chi connectivity index (χ0n) is 14.6. The van der Waals surface area contributed by atoms with E-state index in [1.807, 2.05) is 25.1 Å². The number of para-hydroxylation sites is 1. The maximum Gasteiger partial charge on any atom is 0.246 e. The number of ether oxygens (including phenoxy) is 1. The van der Waals surface area contributed by atoms with Crippen LogP contribution >= 0.6 is 0 Å². The number of amides is 2. The van der Waals surface area contributed by atoms with Crippen molar-refractivity contribution in [3.63, 3.8) is 0 Å². The molecule has 6 nitrogen and oxygen atoms in total. The van der Waals surface area contributed by atoms with Gasteiger partial charge in [0, 0.05) is 43.3 Å². The van der Waals surface area contributed by atoms with Crippen LogP contribution in [0.2, 0.25) is 0 Å². The fourth-order valence-corrected chi connectivity index (χ4v) is 4.22. The van der Waals surface area contributed by atoms with Gasteiger partial charge in [-0.15, -0.1) is 0 Å². The summed E-state index contributed by atoms with van der Waals surface area (Å²) in [7, 11) is 1.65. The molecule has 0 radical (unpaired) electrons. The number of hydrogen-bond donors (Lipinski definition) is 1. The van der Waals surface area contributed by atoms with E-state index in [4.69, 9.17) is 4.74 Å². The number of nitrogens with zero attached hydrogens (tertiary/aromatic N) is 2. The summed E-state index contributed by atoms with van der Waals surface area (Å²) >= 11 is 0. The first-order valence-electron chi connectivity index (χ1n) is 8.80. The molecule has 1 aromatic heterocycles. The molecule has 0 bridgehead atoms. The normalized spacial score (nSPS) is 23.1. The van der Waals surface area contributed by atoms with Crippen LogP contribution in [0.4, 0.5) is 0 Å². The second-order valence-corrected chi connectivity index (χ2v) is 6.87. The van der Waals surface area contributed by atoms with E-state index in [-0.39, 0.29) is 24.4 Å². The number of carbonyl (C=O) groups is 2. The van der Waals surface area contributed by atoms with Gasteiger partial charge in [-0.25, -0.2) is 0 Å². The summed E-state index contributed by atoms with van der Waals surface area (Å²) < 4.78 is 5.07. The van der Waals surface area contributed by atoms with E-state index < -0.39 is 6.04 Å². The van der Waals surface area contributed by atoms with Gasteiger partial charge in [0.15, 0.2) is 0 Å². The Morgan fingerprint density at radius 1 is 1.28 bits per heavy atom. The molecule has 2 aromatic rings. The summed E-state index contributed by atoms with van der Waals surface area (Å²) in [5, 5.41) is 1.15. The molecule has 1 aromatic carbocycles. The summed E-state index contributed by atoms with van der Waals surface area (Å²) in [6.07, 6.45) is 1.32. The molecule has 0 aliphatic carbocycles. The molecule has 0 spiro atoms. The molecular weight excluding hydrogens is 318 g/mol. The lowest BCUT2D eigenvalue weighted by Crippen LogP contribution is -2.62. The van der Waals surface area contributed by atoms with Crippen LogP contribution in [0.25, 0.3) is 10.9 Å². The quantitative estimate of drug-likeness (QED) is 0.863. The number of carbonyl (C=O) groups excluding carboxylic acids is 2. The molecule has 132 valence electrons. The van der Waals surface area contributed by atoms with Crippen molar-refractivity contribution in [2.45, 2.75) is 31.8 Å². The molecular formula is C19H23N3O3. The van der Waals surface area contributed by atoms with Crippen LogP contribution in [0.5, 0.6) is 0 Å². The molecule has 1 saturated heterocycles. The first kappa shape index (κ1) is 16.1. The van der Waals surface area contributed by atoms with Crippen molar-refractivity contribution < 1.29 is 14.3 Å². The second kappa shape index (κ2) is 6.19. The molecule has 1 unspecified atom stereocenters. The van der Waals surface area contributed by atoms with Gasteiger partial charge in [-0.05, 0) is 25.0 Å². The molecule has 1 fully saturated rings. The standard InChI is InChI=1S/C19H23N3O3/c1-12-18-14(13-6-3-4-7-15(13)20-18)10-16-19(24)21(8-5-9-25-2)11-17(23)22(12)16/h3-4,6-7,12,16,20H,5,8-11H2,1-2H3/t12?,16-/m0/s1. The minimum absolute atomic E-state index is 0.0267. The van der Waals surface area contributed by atoms with E-state index in [1.165, 1.54) is 5.56 Å². The summed E-state index contributed by atoms with van der Waals surface area (Å²) in [5.74, 6) is 0.0808. The van der Waals surface area contributed by atoms with Gasteiger partial charge in [0.25, 0.3) is 0 Å². The monoisotopic (exact) mass is 341 g/mol. The largest absolute Gasteiger partial charge is 0.385 e. The SMILES string of the molecule is COCCCN1CC(=O)N2C(C)c3[nH]c4ccccc4c3C[C@H]2C1=O. The summed E-state index contributed by atoms with van der Waals surface area (Å²) in [4.78, 5) is 32.6. The van der Waals surface area contributed by atoms with Crippen molar-refractivity contribution in [1.29, 1.82) is 0 Å². The van der Waals surface area contributed by atoms with Crippen LogP contribution < -0.4 is 0 Å². The van der Waals surface area contributed by atoms with Crippen LogP contribution in [0.15, 0.2) is 24.3 Å². The lowest BCUT2D eigenvalue weighted by atomic mass is 9.90. The highest BCUT2D eigenvalue weighted by Crippen LogP contribution is 2.38. The van der Waals surface area contributed by atoms with Crippen LogP contribution in [0, 0.1) is 0 Å². The van der Waals surface area contributed by atoms with Gasteiger partial charge in [-0.2, -0.15) is 0 Å². The van der Waals surface area contributed by atoms with Gasteiger partial charge in [0.05, 0.1) is 12.6 Å². The first-order chi connectivity index (χ1) is 12.1. The molecule has 2 aliphatic heterocycles. The number of aromatic nitrogens is 1. The van der Waals surface area contributed by atoms with Crippen molar-refractivity contribution >= 4 is 22.7 Å². The number of H-pyrrole nitrogens is 1. The van der Waals surface area contributed by atoms with Crippen molar-refractivity contribution in [2.75, 3.05) is 26.8 Å². The van der Waals surface area contributed by atoms with Crippen molar-refractivity contribution in [2.24, 2.45) is 0 Å². The predicted octanol–water partition coefficient (Wildman–Crippen LogP) is 1.86. The van der Waals surface area contributed by atoms with E-state index in [0.29, 0.717) is 19.6 Å². The van der Waals surface area contributed by atoms with Gasteiger partial charge >= 0.3 is 0 Å². The zero-order chi connectivity index (χ0) is 17.6. The topological polar surface area (TPSA) is 65.6 Å². The molecule has 3 heterocycles. The number of rotatable bonds is 4. The van der Waals surface area contributed by atoms with E-state index in [2.05, 4.69) is 11.1 Å². The smallest absolute Gasteiger partial charge is 0.246 e. The Morgan fingerprint density at radius 3 is 2.88 bits per heavy atom. The fraction of sp³-hybridized carbons (Fsp3) is 0.474. The highest BCUT2D eigenvalue weighted by atomic mass is 16.5. The average Bonchev–Trinajstić information content (AvgIpc) is 2.98. The minimum Gasteiger partial charge on any atom is -0.385 e. The van der Waals surface area contributed by atoms with E-state index in [9.17, 15) is 9.59 Å². The molecule has 0 saturated carbocycles. The summed E-state index contributed by atoms with van der Waals surface area (Å²) in [5.41, 5.74) is 3.30. The zero-order valence-corrected chi connectivity index (χ0v) is 14.6. The van der Waals surface area contributed by atoms with Gasteiger partial charge in [0.1, 0.15) is 6.04 Å². The Bertz CT molecular complexity index is 828. The molecule has 6 heteroatoms. The average molecular weight is 341 g/mol.